The molecule has 18 heavy (non-hydrogen) atoms. The Morgan fingerprint density at radius 1 is 1.33 bits per heavy atom. The normalized spacial score (nSPS) is 18.6. The molecule has 1 aliphatic carbocycles. The third kappa shape index (κ3) is 1.82. The SMILES string of the molecule is Cn1ncnc1CC(N)C1(c2ccccc2)CC1. The first-order valence-corrected chi connectivity index (χ1v) is 6.36. The summed E-state index contributed by atoms with van der Waals surface area (Å²) in [5, 5.41) is 4.09. The number of aromatic nitrogens is 3. The summed E-state index contributed by atoms with van der Waals surface area (Å²) in [5.41, 5.74) is 7.95. The zero-order chi connectivity index (χ0) is 12.6. The largest absolute Gasteiger partial charge is 0.326 e. The van der Waals surface area contributed by atoms with Gasteiger partial charge in [-0.2, -0.15) is 5.10 Å². The molecular weight excluding hydrogens is 224 g/mol. The van der Waals surface area contributed by atoms with E-state index in [9.17, 15) is 0 Å². The first-order valence-electron chi connectivity index (χ1n) is 6.36. The number of aryl methyl sites for hydroxylation is 1. The van der Waals surface area contributed by atoms with Crippen molar-refractivity contribution in [3.63, 3.8) is 0 Å². The fraction of sp³-hybridized carbons (Fsp3) is 0.429. The highest BCUT2D eigenvalue weighted by molar-refractivity contribution is 5.34. The zero-order valence-corrected chi connectivity index (χ0v) is 10.6. The van der Waals surface area contributed by atoms with Crippen LogP contribution in [-0.2, 0) is 18.9 Å². The molecule has 2 N–H and O–H groups in total. The maximum absolute atomic E-state index is 6.42. The Balaban J connectivity index is 1.81. The van der Waals surface area contributed by atoms with E-state index in [1.54, 1.807) is 11.0 Å². The second-order valence-electron chi connectivity index (χ2n) is 5.13. The summed E-state index contributed by atoms with van der Waals surface area (Å²) in [4.78, 5) is 4.26. The molecule has 4 heteroatoms. The second kappa shape index (κ2) is 4.21. The van der Waals surface area contributed by atoms with Crippen molar-refractivity contribution in [2.45, 2.75) is 30.7 Å². The van der Waals surface area contributed by atoms with Gasteiger partial charge in [-0.05, 0) is 18.4 Å². The van der Waals surface area contributed by atoms with Crippen molar-refractivity contribution in [3.05, 3.63) is 48.0 Å². The molecule has 1 atom stereocenters. The third-order valence-electron chi connectivity index (χ3n) is 4.05. The van der Waals surface area contributed by atoms with Gasteiger partial charge in [0.1, 0.15) is 12.2 Å². The molecule has 0 amide bonds. The molecule has 1 fully saturated rings. The third-order valence-corrected chi connectivity index (χ3v) is 4.05. The molecule has 0 spiro atoms. The van der Waals surface area contributed by atoms with E-state index in [1.807, 2.05) is 13.1 Å². The minimum absolute atomic E-state index is 0.114. The van der Waals surface area contributed by atoms with Crippen molar-refractivity contribution in [1.82, 2.24) is 14.8 Å². The molecule has 0 aliphatic heterocycles. The lowest BCUT2D eigenvalue weighted by atomic mass is 9.86. The molecule has 1 unspecified atom stereocenters. The van der Waals surface area contributed by atoms with Gasteiger partial charge >= 0.3 is 0 Å². The zero-order valence-electron chi connectivity index (χ0n) is 10.6. The molecule has 1 saturated carbocycles. The van der Waals surface area contributed by atoms with Crippen molar-refractivity contribution in [3.8, 4) is 0 Å². The smallest absolute Gasteiger partial charge is 0.138 e. The van der Waals surface area contributed by atoms with Gasteiger partial charge in [-0.3, -0.25) is 4.68 Å². The van der Waals surface area contributed by atoms with Gasteiger partial charge in [0.15, 0.2) is 0 Å². The van der Waals surface area contributed by atoms with Crippen molar-refractivity contribution < 1.29 is 0 Å². The standard InChI is InChI=1S/C14H18N4/c1-18-13(16-10-17-18)9-12(15)14(7-8-14)11-5-3-2-4-6-11/h2-6,10,12H,7-9,15H2,1H3. The molecule has 1 aromatic heterocycles. The van der Waals surface area contributed by atoms with E-state index in [2.05, 4.69) is 34.3 Å². The maximum atomic E-state index is 6.42. The lowest BCUT2D eigenvalue weighted by molar-refractivity contribution is 0.493. The fourth-order valence-electron chi connectivity index (χ4n) is 2.68. The van der Waals surface area contributed by atoms with E-state index in [0.29, 0.717) is 0 Å². The number of nitrogens with two attached hydrogens (primary N) is 1. The topological polar surface area (TPSA) is 56.7 Å². The minimum atomic E-state index is 0.114. The average molecular weight is 242 g/mol. The number of rotatable bonds is 4. The summed E-state index contributed by atoms with van der Waals surface area (Å²) in [6, 6.07) is 10.7. The van der Waals surface area contributed by atoms with Crippen LogP contribution < -0.4 is 5.73 Å². The second-order valence-corrected chi connectivity index (χ2v) is 5.13. The van der Waals surface area contributed by atoms with Gasteiger partial charge in [-0.25, -0.2) is 4.98 Å². The van der Waals surface area contributed by atoms with Gasteiger partial charge < -0.3 is 5.73 Å². The molecule has 3 rings (SSSR count). The van der Waals surface area contributed by atoms with Crippen LogP contribution in [0.15, 0.2) is 36.7 Å². The molecule has 94 valence electrons. The molecule has 1 aliphatic rings. The Kier molecular flexibility index (Phi) is 2.67. The van der Waals surface area contributed by atoms with Crippen LogP contribution in [0.3, 0.4) is 0 Å². The molecule has 1 aromatic carbocycles. The Morgan fingerprint density at radius 2 is 2.06 bits per heavy atom. The van der Waals surface area contributed by atoms with Crippen LogP contribution in [-0.4, -0.2) is 20.8 Å². The van der Waals surface area contributed by atoms with Crippen LogP contribution in [0.1, 0.15) is 24.2 Å². The summed E-state index contributed by atoms with van der Waals surface area (Å²) in [6.45, 7) is 0. The summed E-state index contributed by atoms with van der Waals surface area (Å²) in [6.07, 6.45) is 4.72. The van der Waals surface area contributed by atoms with Crippen molar-refractivity contribution in [2.24, 2.45) is 12.8 Å². The first-order chi connectivity index (χ1) is 8.72. The predicted octanol–water partition coefficient (Wildman–Crippen LogP) is 1.42. The molecule has 4 nitrogen and oxygen atoms in total. The molecule has 0 saturated heterocycles. The summed E-state index contributed by atoms with van der Waals surface area (Å²) in [7, 11) is 1.91. The maximum Gasteiger partial charge on any atom is 0.138 e. The van der Waals surface area contributed by atoms with Gasteiger partial charge in [0.05, 0.1) is 0 Å². The summed E-state index contributed by atoms with van der Waals surface area (Å²) >= 11 is 0. The number of hydrogen-bond acceptors (Lipinski definition) is 3. The van der Waals surface area contributed by atoms with E-state index >= 15 is 0 Å². The number of hydrogen-bond donors (Lipinski definition) is 1. The van der Waals surface area contributed by atoms with Crippen LogP contribution in [0, 0.1) is 0 Å². The summed E-state index contributed by atoms with van der Waals surface area (Å²) in [5.74, 6) is 0.963. The van der Waals surface area contributed by atoms with E-state index in [1.165, 1.54) is 18.4 Å². The highest BCUT2D eigenvalue weighted by Crippen LogP contribution is 2.50. The van der Waals surface area contributed by atoms with Crippen LogP contribution in [0.2, 0.25) is 0 Å². The molecule has 2 aromatic rings. The van der Waals surface area contributed by atoms with Gasteiger partial charge in [-0.1, -0.05) is 30.3 Å². The van der Waals surface area contributed by atoms with Crippen LogP contribution in [0.4, 0.5) is 0 Å². The first kappa shape index (κ1) is 11.4. The van der Waals surface area contributed by atoms with Crippen LogP contribution in [0.5, 0.6) is 0 Å². The molecule has 1 heterocycles. The Bertz CT molecular complexity index is 528. The van der Waals surface area contributed by atoms with Gasteiger partial charge in [-0.15, -0.1) is 0 Å². The van der Waals surface area contributed by atoms with E-state index in [0.717, 1.165) is 12.2 Å². The highest BCUT2D eigenvalue weighted by Gasteiger charge is 2.49. The monoisotopic (exact) mass is 242 g/mol. The Hall–Kier alpha value is -1.68. The molecule has 0 radical (unpaired) electrons. The summed E-state index contributed by atoms with van der Waals surface area (Å²) < 4.78 is 1.81. The van der Waals surface area contributed by atoms with Gasteiger partial charge in [0.2, 0.25) is 0 Å². The molecule has 0 bridgehead atoms. The number of nitrogens with zero attached hydrogens (tertiary/aromatic N) is 3. The lowest BCUT2D eigenvalue weighted by Gasteiger charge is -2.23. The lowest BCUT2D eigenvalue weighted by Crippen LogP contribution is -2.37. The van der Waals surface area contributed by atoms with E-state index < -0.39 is 0 Å². The van der Waals surface area contributed by atoms with E-state index in [-0.39, 0.29) is 11.5 Å². The Labute approximate surface area is 107 Å². The average Bonchev–Trinajstić information content (AvgIpc) is 3.12. The van der Waals surface area contributed by atoms with Crippen LogP contribution in [0.25, 0.3) is 0 Å². The minimum Gasteiger partial charge on any atom is -0.326 e. The number of benzene rings is 1. The predicted molar refractivity (Wildman–Crippen MR) is 70.0 cm³/mol. The highest BCUT2D eigenvalue weighted by atomic mass is 15.3. The van der Waals surface area contributed by atoms with Gasteiger partial charge in [0.25, 0.3) is 0 Å². The fourth-order valence-corrected chi connectivity index (χ4v) is 2.68. The van der Waals surface area contributed by atoms with Crippen molar-refractivity contribution in [1.29, 1.82) is 0 Å². The van der Waals surface area contributed by atoms with Crippen LogP contribution >= 0.6 is 0 Å². The molecular formula is C14H18N4. The van der Waals surface area contributed by atoms with Crippen molar-refractivity contribution >= 4 is 0 Å². The van der Waals surface area contributed by atoms with Crippen molar-refractivity contribution in [2.75, 3.05) is 0 Å². The van der Waals surface area contributed by atoms with E-state index in [4.69, 9.17) is 5.73 Å². The van der Waals surface area contributed by atoms with Gasteiger partial charge in [0, 0.05) is 24.9 Å². The quantitative estimate of drug-likeness (QED) is 0.882. The Morgan fingerprint density at radius 3 is 2.61 bits per heavy atom.